The van der Waals surface area contributed by atoms with Crippen LogP contribution in [0.2, 0.25) is 0 Å². The molecule has 4 heteroatoms. The summed E-state index contributed by atoms with van der Waals surface area (Å²) in [6.45, 7) is 0. The van der Waals surface area contributed by atoms with Gasteiger partial charge in [0.15, 0.2) is 5.78 Å². The first kappa shape index (κ1) is 14.6. The molecule has 1 atom stereocenters. The van der Waals surface area contributed by atoms with E-state index >= 15 is 0 Å². The number of nitrogens with zero attached hydrogens (tertiary/aromatic N) is 1. The van der Waals surface area contributed by atoms with Crippen molar-refractivity contribution in [1.82, 2.24) is 0 Å². The Bertz CT molecular complexity index is 671. The van der Waals surface area contributed by atoms with Crippen molar-refractivity contribution < 1.29 is 14.3 Å². The highest BCUT2D eigenvalue weighted by atomic mass is 16.5. The highest BCUT2D eigenvalue weighted by Gasteiger charge is 2.22. The minimum atomic E-state index is -0.844. The molecule has 106 valence electrons. The molecule has 21 heavy (non-hydrogen) atoms. The summed E-state index contributed by atoms with van der Waals surface area (Å²) >= 11 is 0. The van der Waals surface area contributed by atoms with Crippen molar-refractivity contribution in [3.63, 3.8) is 0 Å². The number of ether oxygens (including phenoxy) is 2. The van der Waals surface area contributed by atoms with Gasteiger partial charge < -0.3 is 9.47 Å². The molecule has 0 bridgehead atoms. The van der Waals surface area contributed by atoms with Gasteiger partial charge in [0.05, 0.1) is 20.3 Å². The molecule has 0 spiro atoms. The van der Waals surface area contributed by atoms with Crippen LogP contribution in [0.1, 0.15) is 21.8 Å². The second-order valence-corrected chi connectivity index (χ2v) is 4.43. The van der Waals surface area contributed by atoms with Crippen molar-refractivity contribution in [3.8, 4) is 17.6 Å². The Hall–Kier alpha value is -2.80. The fourth-order valence-electron chi connectivity index (χ4n) is 2.02. The minimum Gasteiger partial charge on any atom is -0.497 e. The van der Waals surface area contributed by atoms with Gasteiger partial charge in [-0.2, -0.15) is 5.26 Å². The first-order valence-electron chi connectivity index (χ1n) is 6.41. The van der Waals surface area contributed by atoms with Gasteiger partial charge in [-0.05, 0) is 29.8 Å². The average molecular weight is 281 g/mol. The van der Waals surface area contributed by atoms with E-state index < -0.39 is 5.92 Å². The molecule has 0 aliphatic carbocycles. The van der Waals surface area contributed by atoms with E-state index in [0.29, 0.717) is 22.6 Å². The van der Waals surface area contributed by atoms with Crippen LogP contribution >= 0.6 is 0 Å². The van der Waals surface area contributed by atoms with Crippen molar-refractivity contribution >= 4 is 5.78 Å². The molecule has 2 rings (SSSR count). The number of carbonyl (C=O) groups excluding carboxylic acids is 1. The SMILES string of the molecule is COc1ccc([C@H](C#N)C(=O)c2cccc(OC)c2)cc1. The molecule has 0 amide bonds. The lowest BCUT2D eigenvalue weighted by molar-refractivity contribution is 0.0978. The summed E-state index contributed by atoms with van der Waals surface area (Å²) in [5.41, 5.74) is 1.10. The molecule has 0 unspecified atom stereocenters. The summed E-state index contributed by atoms with van der Waals surface area (Å²) in [6.07, 6.45) is 0. The third-order valence-electron chi connectivity index (χ3n) is 3.19. The van der Waals surface area contributed by atoms with Crippen molar-refractivity contribution in [2.75, 3.05) is 14.2 Å². The van der Waals surface area contributed by atoms with E-state index in [0.717, 1.165) is 0 Å². The van der Waals surface area contributed by atoms with Gasteiger partial charge in [0.2, 0.25) is 0 Å². The number of Topliss-reactive ketones (excluding diaryl/α,β-unsaturated/α-hetero) is 1. The average Bonchev–Trinajstić information content (AvgIpc) is 2.56. The van der Waals surface area contributed by atoms with E-state index in [9.17, 15) is 10.1 Å². The Morgan fingerprint density at radius 3 is 2.29 bits per heavy atom. The molecule has 0 heterocycles. The summed E-state index contributed by atoms with van der Waals surface area (Å²) in [7, 11) is 3.10. The van der Waals surface area contributed by atoms with Crippen LogP contribution in [0.3, 0.4) is 0 Å². The van der Waals surface area contributed by atoms with Crippen LogP contribution in [-0.4, -0.2) is 20.0 Å². The largest absolute Gasteiger partial charge is 0.497 e. The first-order chi connectivity index (χ1) is 10.2. The van der Waals surface area contributed by atoms with Crippen LogP contribution in [0.25, 0.3) is 0 Å². The van der Waals surface area contributed by atoms with Crippen molar-refractivity contribution in [2.24, 2.45) is 0 Å². The number of carbonyl (C=O) groups is 1. The van der Waals surface area contributed by atoms with Crippen molar-refractivity contribution in [2.45, 2.75) is 5.92 Å². The number of benzene rings is 2. The lowest BCUT2D eigenvalue weighted by atomic mass is 9.92. The summed E-state index contributed by atoms with van der Waals surface area (Å²) in [5.74, 6) is 0.182. The number of rotatable bonds is 5. The van der Waals surface area contributed by atoms with Gasteiger partial charge >= 0.3 is 0 Å². The van der Waals surface area contributed by atoms with Crippen molar-refractivity contribution in [3.05, 3.63) is 59.7 Å². The lowest BCUT2D eigenvalue weighted by Gasteiger charge is -2.10. The van der Waals surface area contributed by atoms with Gasteiger partial charge in [-0.25, -0.2) is 0 Å². The van der Waals surface area contributed by atoms with Gasteiger partial charge in [0.1, 0.15) is 17.4 Å². The molecular formula is C17H15NO3. The molecule has 0 aliphatic heterocycles. The maximum Gasteiger partial charge on any atom is 0.184 e. The molecular weight excluding hydrogens is 266 g/mol. The first-order valence-corrected chi connectivity index (χ1v) is 6.41. The zero-order valence-corrected chi connectivity index (χ0v) is 11.9. The maximum atomic E-state index is 12.5. The molecule has 0 saturated carbocycles. The molecule has 0 fully saturated rings. The lowest BCUT2D eigenvalue weighted by Crippen LogP contribution is -2.11. The summed E-state index contributed by atoms with van der Waals surface area (Å²) in [6, 6.07) is 15.8. The number of nitriles is 1. The second kappa shape index (κ2) is 6.58. The van der Waals surface area contributed by atoms with Gasteiger partial charge in [0.25, 0.3) is 0 Å². The number of hydrogen-bond acceptors (Lipinski definition) is 4. The van der Waals surface area contributed by atoms with Crippen LogP contribution in [0, 0.1) is 11.3 Å². The summed E-state index contributed by atoms with van der Waals surface area (Å²) in [5, 5.41) is 9.33. The van der Waals surface area contributed by atoms with Crippen LogP contribution in [0.5, 0.6) is 11.5 Å². The highest BCUT2D eigenvalue weighted by Crippen LogP contribution is 2.24. The molecule has 4 nitrogen and oxygen atoms in total. The highest BCUT2D eigenvalue weighted by molar-refractivity contribution is 6.03. The molecule has 2 aromatic carbocycles. The van der Waals surface area contributed by atoms with E-state index in [-0.39, 0.29) is 5.78 Å². The summed E-state index contributed by atoms with van der Waals surface area (Å²) < 4.78 is 10.2. The van der Waals surface area contributed by atoms with E-state index in [2.05, 4.69) is 6.07 Å². The van der Waals surface area contributed by atoms with E-state index in [1.807, 2.05) is 0 Å². The number of ketones is 1. The zero-order valence-electron chi connectivity index (χ0n) is 11.9. The fraction of sp³-hybridized carbons (Fsp3) is 0.176. The third kappa shape index (κ3) is 3.21. The third-order valence-corrected chi connectivity index (χ3v) is 3.19. The zero-order chi connectivity index (χ0) is 15.2. The van der Waals surface area contributed by atoms with Gasteiger partial charge in [-0.15, -0.1) is 0 Å². The quantitative estimate of drug-likeness (QED) is 0.790. The Morgan fingerprint density at radius 1 is 1.05 bits per heavy atom. The van der Waals surface area contributed by atoms with Gasteiger partial charge in [-0.3, -0.25) is 4.79 Å². The Morgan fingerprint density at radius 2 is 1.71 bits per heavy atom. The monoisotopic (exact) mass is 281 g/mol. The Balaban J connectivity index is 2.31. The molecule has 0 aliphatic rings. The summed E-state index contributed by atoms with van der Waals surface area (Å²) in [4.78, 5) is 12.5. The van der Waals surface area contributed by atoms with Crippen LogP contribution in [0.4, 0.5) is 0 Å². The molecule has 0 saturated heterocycles. The van der Waals surface area contributed by atoms with E-state index in [1.54, 1.807) is 55.6 Å². The topological polar surface area (TPSA) is 59.3 Å². The van der Waals surface area contributed by atoms with E-state index in [4.69, 9.17) is 9.47 Å². The van der Waals surface area contributed by atoms with Crippen molar-refractivity contribution in [1.29, 1.82) is 5.26 Å². The second-order valence-electron chi connectivity index (χ2n) is 4.43. The predicted octanol–water partition coefficient (Wildman–Crippen LogP) is 3.19. The number of hydrogen-bond donors (Lipinski definition) is 0. The minimum absolute atomic E-state index is 0.249. The van der Waals surface area contributed by atoms with Crippen LogP contribution in [-0.2, 0) is 0 Å². The van der Waals surface area contributed by atoms with Crippen LogP contribution < -0.4 is 9.47 Å². The van der Waals surface area contributed by atoms with E-state index in [1.165, 1.54) is 7.11 Å². The Kier molecular flexibility index (Phi) is 4.57. The fourth-order valence-corrected chi connectivity index (χ4v) is 2.02. The normalized spacial score (nSPS) is 11.3. The maximum absolute atomic E-state index is 12.5. The van der Waals surface area contributed by atoms with Gasteiger partial charge in [-0.1, -0.05) is 24.3 Å². The molecule has 0 radical (unpaired) electrons. The Labute approximate surface area is 123 Å². The standard InChI is InChI=1S/C17H15NO3/c1-20-14-8-6-12(7-9-14)16(11-18)17(19)13-4-3-5-15(10-13)21-2/h3-10,16H,1-2H3/t16-/m0/s1. The smallest absolute Gasteiger partial charge is 0.184 e. The van der Waals surface area contributed by atoms with Gasteiger partial charge in [0, 0.05) is 5.56 Å². The molecule has 0 aromatic heterocycles. The molecule has 0 N–H and O–H groups in total. The molecule has 2 aromatic rings. The predicted molar refractivity (Wildman–Crippen MR) is 78.7 cm³/mol. The van der Waals surface area contributed by atoms with Crippen LogP contribution in [0.15, 0.2) is 48.5 Å². The number of methoxy groups -OCH3 is 2.